The average Bonchev–Trinajstić information content (AvgIpc) is 2.68. The molecule has 2 heterocycles. The van der Waals surface area contributed by atoms with Gasteiger partial charge in [0.25, 0.3) is 0 Å². The Morgan fingerprint density at radius 2 is 1.85 bits per heavy atom. The molecule has 0 spiro atoms. The highest BCUT2D eigenvalue weighted by atomic mass is 35.5. The minimum Gasteiger partial charge on any atom is -0.494 e. The maximum atomic E-state index is 5.92. The molecule has 1 aromatic heterocycles. The van der Waals surface area contributed by atoms with Gasteiger partial charge in [-0.3, -0.25) is 9.88 Å². The zero-order valence-corrected chi connectivity index (χ0v) is 16.1. The molecule has 3 rings (SSSR count). The maximum absolute atomic E-state index is 5.92. The molecule has 5 nitrogen and oxygen atoms in total. The van der Waals surface area contributed by atoms with Gasteiger partial charge in [0, 0.05) is 44.6 Å². The molecule has 1 aliphatic heterocycles. The summed E-state index contributed by atoms with van der Waals surface area (Å²) in [5.41, 5.74) is 1.26. The predicted octanol–water partition coefficient (Wildman–Crippen LogP) is 3.32. The summed E-state index contributed by atoms with van der Waals surface area (Å²) < 4.78 is 11.5. The molecule has 1 aliphatic rings. The van der Waals surface area contributed by atoms with E-state index in [1.54, 1.807) is 0 Å². The summed E-state index contributed by atoms with van der Waals surface area (Å²) in [6.07, 6.45) is 4.79. The van der Waals surface area contributed by atoms with E-state index >= 15 is 0 Å². The van der Waals surface area contributed by atoms with Gasteiger partial charge in [0.2, 0.25) is 0 Å². The van der Waals surface area contributed by atoms with E-state index < -0.39 is 0 Å². The van der Waals surface area contributed by atoms with Gasteiger partial charge in [-0.2, -0.15) is 0 Å². The van der Waals surface area contributed by atoms with Crippen molar-refractivity contribution >= 4 is 12.4 Å². The number of piperazine rings is 1. The van der Waals surface area contributed by atoms with E-state index in [1.165, 1.54) is 5.56 Å². The lowest BCUT2D eigenvalue weighted by molar-refractivity contribution is 0.134. The van der Waals surface area contributed by atoms with Crippen LogP contribution in [-0.4, -0.2) is 49.3 Å². The fraction of sp³-hybridized carbons (Fsp3) is 0.450. The number of aromatic nitrogens is 1. The van der Waals surface area contributed by atoms with Crippen LogP contribution in [0.4, 0.5) is 0 Å². The molecule has 0 bridgehead atoms. The first-order valence-electron chi connectivity index (χ1n) is 9.07. The van der Waals surface area contributed by atoms with Gasteiger partial charge < -0.3 is 14.8 Å². The van der Waals surface area contributed by atoms with Gasteiger partial charge in [0.15, 0.2) is 0 Å². The molecular weight excluding hydrogens is 350 g/mol. The van der Waals surface area contributed by atoms with Crippen LogP contribution < -0.4 is 14.8 Å². The molecular formula is C20H28ClN3O2. The third-order valence-electron chi connectivity index (χ3n) is 4.37. The van der Waals surface area contributed by atoms with Crippen LogP contribution in [0.15, 0.2) is 48.8 Å². The molecule has 1 atom stereocenters. The van der Waals surface area contributed by atoms with Gasteiger partial charge in [-0.05, 0) is 42.3 Å². The number of halogens is 1. The summed E-state index contributed by atoms with van der Waals surface area (Å²) in [6, 6.07) is 12.4. The molecule has 0 amide bonds. The van der Waals surface area contributed by atoms with Crippen LogP contribution >= 0.6 is 12.4 Å². The molecule has 26 heavy (non-hydrogen) atoms. The van der Waals surface area contributed by atoms with E-state index in [4.69, 9.17) is 9.47 Å². The van der Waals surface area contributed by atoms with Crippen molar-refractivity contribution in [2.75, 3.05) is 39.4 Å². The van der Waals surface area contributed by atoms with Gasteiger partial charge in [-0.25, -0.2) is 0 Å². The van der Waals surface area contributed by atoms with E-state index in [1.807, 2.05) is 42.7 Å². The number of benzene rings is 1. The second-order valence-electron chi connectivity index (χ2n) is 6.21. The van der Waals surface area contributed by atoms with Gasteiger partial charge >= 0.3 is 0 Å². The highest BCUT2D eigenvalue weighted by Gasteiger charge is 2.23. The van der Waals surface area contributed by atoms with E-state index in [0.717, 1.165) is 50.7 Å². The number of hydrogen-bond acceptors (Lipinski definition) is 5. The first kappa shape index (κ1) is 20.5. The number of nitrogens with zero attached hydrogens (tertiary/aromatic N) is 2. The van der Waals surface area contributed by atoms with Crippen molar-refractivity contribution in [1.29, 1.82) is 0 Å². The van der Waals surface area contributed by atoms with Crippen LogP contribution in [0.1, 0.15) is 24.9 Å². The molecule has 1 aromatic carbocycles. The highest BCUT2D eigenvalue weighted by molar-refractivity contribution is 5.85. The Balaban J connectivity index is 0.00000243. The number of pyridine rings is 1. The Labute approximate surface area is 162 Å². The Morgan fingerprint density at radius 3 is 2.50 bits per heavy atom. The molecule has 1 N–H and O–H groups in total. The van der Waals surface area contributed by atoms with Crippen LogP contribution in [0.2, 0.25) is 0 Å². The second-order valence-corrected chi connectivity index (χ2v) is 6.21. The van der Waals surface area contributed by atoms with Crippen molar-refractivity contribution in [3.8, 4) is 11.5 Å². The zero-order valence-electron chi connectivity index (χ0n) is 15.3. The normalized spacial score (nSPS) is 17.3. The standard InChI is InChI=1S/C20H27N3O2.ClH/c1-2-13-24-18-5-7-19(8-6-18)25-14-12-23-11-10-22-16-20(23)17-4-3-9-21-15-17;/h3-9,15,20,22H,2,10-14,16H2,1H3;1H. The fourth-order valence-corrected chi connectivity index (χ4v) is 3.05. The third kappa shape index (κ3) is 5.87. The summed E-state index contributed by atoms with van der Waals surface area (Å²) in [5.74, 6) is 1.78. The topological polar surface area (TPSA) is 46.6 Å². The Kier molecular flexibility index (Phi) is 8.68. The van der Waals surface area contributed by atoms with Gasteiger partial charge in [-0.15, -0.1) is 12.4 Å². The van der Waals surface area contributed by atoms with E-state index in [0.29, 0.717) is 12.6 Å². The van der Waals surface area contributed by atoms with Gasteiger partial charge in [-0.1, -0.05) is 13.0 Å². The Bertz CT molecular complexity index is 625. The molecule has 1 fully saturated rings. The van der Waals surface area contributed by atoms with Crippen LogP contribution in [-0.2, 0) is 0 Å². The summed E-state index contributed by atoms with van der Waals surface area (Å²) in [4.78, 5) is 6.72. The Hall–Kier alpha value is -1.82. The lowest BCUT2D eigenvalue weighted by Gasteiger charge is -2.36. The van der Waals surface area contributed by atoms with E-state index in [9.17, 15) is 0 Å². The molecule has 1 unspecified atom stereocenters. The number of rotatable bonds is 8. The van der Waals surface area contributed by atoms with Crippen molar-refractivity contribution < 1.29 is 9.47 Å². The van der Waals surface area contributed by atoms with E-state index in [-0.39, 0.29) is 12.4 Å². The molecule has 6 heteroatoms. The smallest absolute Gasteiger partial charge is 0.119 e. The summed E-state index contributed by atoms with van der Waals surface area (Å²) in [5, 5.41) is 3.47. The number of hydrogen-bond donors (Lipinski definition) is 1. The molecule has 1 saturated heterocycles. The lowest BCUT2D eigenvalue weighted by Crippen LogP contribution is -2.47. The number of ether oxygens (including phenoxy) is 2. The van der Waals surface area contributed by atoms with Crippen LogP contribution in [0.5, 0.6) is 11.5 Å². The molecule has 2 aromatic rings. The summed E-state index contributed by atoms with van der Waals surface area (Å²) in [7, 11) is 0. The predicted molar refractivity (Wildman–Crippen MR) is 106 cm³/mol. The average molecular weight is 378 g/mol. The minimum atomic E-state index is 0. The maximum Gasteiger partial charge on any atom is 0.119 e. The first-order chi connectivity index (χ1) is 12.4. The van der Waals surface area contributed by atoms with Crippen molar-refractivity contribution in [3.63, 3.8) is 0 Å². The first-order valence-corrected chi connectivity index (χ1v) is 9.07. The number of nitrogens with one attached hydrogen (secondary N) is 1. The van der Waals surface area contributed by atoms with Gasteiger partial charge in [0.05, 0.1) is 6.61 Å². The molecule has 0 aliphatic carbocycles. The highest BCUT2D eigenvalue weighted by Crippen LogP contribution is 2.22. The van der Waals surface area contributed by atoms with Crippen molar-refractivity contribution in [3.05, 3.63) is 54.4 Å². The second kappa shape index (κ2) is 11.0. The molecule has 0 saturated carbocycles. The fourth-order valence-electron chi connectivity index (χ4n) is 3.05. The van der Waals surface area contributed by atoms with Crippen molar-refractivity contribution in [2.24, 2.45) is 0 Å². The largest absolute Gasteiger partial charge is 0.494 e. The van der Waals surface area contributed by atoms with Crippen molar-refractivity contribution in [1.82, 2.24) is 15.2 Å². The minimum absolute atomic E-state index is 0. The molecule has 142 valence electrons. The molecule has 0 radical (unpaired) electrons. The quantitative estimate of drug-likeness (QED) is 0.764. The van der Waals surface area contributed by atoms with Crippen LogP contribution in [0.3, 0.4) is 0 Å². The van der Waals surface area contributed by atoms with Gasteiger partial charge in [0.1, 0.15) is 18.1 Å². The van der Waals surface area contributed by atoms with Crippen LogP contribution in [0.25, 0.3) is 0 Å². The monoisotopic (exact) mass is 377 g/mol. The lowest BCUT2D eigenvalue weighted by atomic mass is 10.1. The zero-order chi connectivity index (χ0) is 17.3. The van der Waals surface area contributed by atoms with E-state index in [2.05, 4.69) is 28.2 Å². The van der Waals surface area contributed by atoms with Crippen LogP contribution in [0, 0.1) is 0 Å². The summed E-state index contributed by atoms with van der Waals surface area (Å²) in [6.45, 7) is 7.41. The Morgan fingerprint density at radius 1 is 1.12 bits per heavy atom. The van der Waals surface area contributed by atoms with Crippen molar-refractivity contribution in [2.45, 2.75) is 19.4 Å². The summed E-state index contributed by atoms with van der Waals surface area (Å²) >= 11 is 0. The third-order valence-corrected chi connectivity index (χ3v) is 4.37. The SMILES string of the molecule is CCCOc1ccc(OCCN2CCNCC2c2cccnc2)cc1.Cl.